The molecule has 0 radical (unpaired) electrons. The average molecular weight is 417 g/mol. The lowest BCUT2D eigenvalue weighted by Gasteiger charge is -2.22. The van der Waals surface area contributed by atoms with Gasteiger partial charge in [-0.05, 0) is 18.4 Å². The number of amides is 1. The summed E-state index contributed by atoms with van der Waals surface area (Å²) in [5.41, 5.74) is 1.21. The van der Waals surface area contributed by atoms with Gasteiger partial charge in [-0.2, -0.15) is 0 Å². The Kier molecular flexibility index (Phi) is 8.12. The van der Waals surface area contributed by atoms with E-state index in [4.69, 9.17) is 0 Å². The third-order valence-corrected chi connectivity index (χ3v) is 6.62. The zero-order valence-corrected chi connectivity index (χ0v) is 18.7. The molecule has 6 nitrogen and oxygen atoms in total. The minimum Gasteiger partial charge on any atom is -0.353 e. The van der Waals surface area contributed by atoms with Gasteiger partial charge in [0.05, 0.1) is 26.4 Å². The zero-order valence-electron chi connectivity index (χ0n) is 17.9. The van der Waals surface area contributed by atoms with Gasteiger partial charge < -0.3 is 10.2 Å². The van der Waals surface area contributed by atoms with Crippen LogP contribution in [0, 0.1) is 0 Å². The fourth-order valence-electron chi connectivity index (χ4n) is 4.07. The van der Waals surface area contributed by atoms with Gasteiger partial charge >= 0.3 is 0 Å². The molecule has 2 aromatic rings. The van der Waals surface area contributed by atoms with Crippen molar-refractivity contribution < 1.29 is 9.69 Å². The molecule has 3 rings (SSSR count). The Morgan fingerprint density at radius 1 is 1.21 bits per heavy atom. The van der Waals surface area contributed by atoms with E-state index < -0.39 is 0 Å². The molecule has 0 saturated heterocycles. The van der Waals surface area contributed by atoms with Crippen LogP contribution in [-0.4, -0.2) is 46.6 Å². The second kappa shape index (κ2) is 10.8. The first-order chi connectivity index (χ1) is 14.1. The molecular formula is C22H34N5OS+. The van der Waals surface area contributed by atoms with Crippen molar-refractivity contribution in [2.75, 3.05) is 19.8 Å². The van der Waals surface area contributed by atoms with Crippen LogP contribution in [0.25, 0.3) is 0 Å². The second-order valence-corrected chi connectivity index (χ2v) is 9.08. The molecule has 1 atom stereocenters. The van der Waals surface area contributed by atoms with Gasteiger partial charge in [0.15, 0.2) is 11.0 Å². The predicted molar refractivity (Wildman–Crippen MR) is 117 cm³/mol. The number of thioether (sulfide) groups is 1. The van der Waals surface area contributed by atoms with Crippen LogP contribution in [0.5, 0.6) is 0 Å². The summed E-state index contributed by atoms with van der Waals surface area (Å²) in [5, 5.41) is 13.0. The van der Waals surface area contributed by atoms with Crippen molar-refractivity contribution in [3.63, 3.8) is 0 Å². The molecule has 1 heterocycles. The van der Waals surface area contributed by atoms with Crippen molar-refractivity contribution in [2.45, 2.75) is 69.2 Å². The minimum absolute atomic E-state index is 0.1000. The fourth-order valence-corrected chi connectivity index (χ4v) is 4.83. The van der Waals surface area contributed by atoms with E-state index in [0.29, 0.717) is 11.8 Å². The van der Waals surface area contributed by atoms with Crippen LogP contribution in [0.4, 0.5) is 0 Å². The van der Waals surface area contributed by atoms with Crippen molar-refractivity contribution in [1.82, 2.24) is 20.1 Å². The van der Waals surface area contributed by atoms with Crippen molar-refractivity contribution in [1.29, 1.82) is 0 Å². The van der Waals surface area contributed by atoms with Crippen molar-refractivity contribution in [3.05, 3.63) is 41.7 Å². The molecule has 1 fully saturated rings. The van der Waals surface area contributed by atoms with Crippen LogP contribution in [-0.2, 0) is 11.3 Å². The third-order valence-electron chi connectivity index (χ3n) is 5.65. The number of nitrogens with zero attached hydrogens (tertiary/aromatic N) is 3. The Morgan fingerprint density at radius 3 is 2.59 bits per heavy atom. The molecule has 29 heavy (non-hydrogen) atoms. The number of carbonyl (C=O) groups is 1. The Labute approximate surface area is 178 Å². The van der Waals surface area contributed by atoms with Gasteiger partial charge in [-0.3, -0.25) is 9.36 Å². The molecule has 1 saturated carbocycles. The zero-order chi connectivity index (χ0) is 20.6. The molecule has 1 aliphatic carbocycles. The normalized spacial score (nSPS) is 16.1. The Bertz CT molecular complexity index is 771. The summed E-state index contributed by atoms with van der Waals surface area (Å²) in [7, 11) is 4.31. The number of rotatable bonds is 9. The number of nitrogens with one attached hydrogen (secondary N) is 2. The fraction of sp³-hybridized carbons (Fsp3) is 0.591. The van der Waals surface area contributed by atoms with Crippen molar-refractivity contribution >= 4 is 17.7 Å². The lowest BCUT2D eigenvalue weighted by Crippen LogP contribution is -3.06. The molecule has 2 N–H and O–H groups in total. The summed E-state index contributed by atoms with van der Waals surface area (Å²) >= 11 is 1.49. The van der Waals surface area contributed by atoms with E-state index in [9.17, 15) is 4.79 Å². The van der Waals surface area contributed by atoms with Gasteiger partial charge in [-0.1, -0.05) is 68.3 Å². The number of quaternary nitrogens is 1. The Morgan fingerprint density at radius 2 is 1.93 bits per heavy atom. The van der Waals surface area contributed by atoms with Gasteiger partial charge in [0.1, 0.15) is 6.04 Å². The molecule has 1 amide bonds. The standard InChI is InChI=1S/C22H33N5OS/c1-4-19(26(2)3)21-24-25-22(27(21)15-17-11-7-5-8-12-17)29-16-20(28)23-18-13-9-6-10-14-18/h5,7-8,11-12,18-19H,4,6,9-10,13-16H2,1-3H3,(H,23,28)/p+1/t19-/m0/s1. The molecule has 0 aliphatic heterocycles. The van der Waals surface area contributed by atoms with Crippen LogP contribution in [0.3, 0.4) is 0 Å². The third kappa shape index (κ3) is 6.06. The number of hydrogen-bond donors (Lipinski definition) is 2. The average Bonchev–Trinajstić information content (AvgIpc) is 3.10. The maximum Gasteiger partial charge on any atom is 0.230 e. The van der Waals surface area contributed by atoms with Crippen molar-refractivity contribution in [3.8, 4) is 0 Å². The highest BCUT2D eigenvalue weighted by molar-refractivity contribution is 7.99. The molecule has 1 aromatic heterocycles. The molecule has 0 spiro atoms. The van der Waals surface area contributed by atoms with Gasteiger partial charge in [-0.15, -0.1) is 10.2 Å². The van der Waals surface area contributed by atoms with E-state index in [2.05, 4.69) is 65.4 Å². The quantitative estimate of drug-likeness (QED) is 0.617. The highest BCUT2D eigenvalue weighted by Crippen LogP contribution is 2.23. The van der Waals surface area contributed by atoms with E-state index in [1.54, 1.807) is 0 Å². The van der Waals surface area contributed by atoms with Gasteiger partial charge in [0.25, 0.3) is 0 Å². The first-order valence-corrected chi connectivity index (χ1v) is 11.8. The van der Waals surface area contributed by atoms with Crippen LogP contribution < -0.4 is 10.2 Å². The Balaban J connectivity index is 1.72. The maximum absolute atomic E-state index is 12.5. The molecule has 0 bridgehead atoms. The SMILES string of the molecule is CC[C@@H](c1nnc(SCC(=O)NC2CCCCC2)n1Cc1ccccc1)[NH+](C)C. The highest BCUT2D eigenvalue weighted by atomic mass is 32.2. The van der Waals surface area contributed by atoms with E-state index in [1.165, 1.54) is 41.5 Å². The molecule has 7 heteroatoms. The van der Waals surface area contributed by atoms with Gasteiger partial charge in [0, 0.05) is 12.5 Å². The smallest absolute Gasteiger partial charge is 0.230 e. The molecule has 1 aliphatic rings. The van der Waals surface area contributed by atoms with Gasteiger partial charge in [-0.25, -0.2) is 0 Å². The van der Waals surface area contributed by atoms with Crippen LogP contribution >= 0.6 is 11.8 Å². The lowest BCUT2D eigenvalue weighted by molar-refractivity contribution is -0.893. The number of benzene rings is 1. The molecular weight excluding hydrogens is 382 g/mol. The second-order valence-electron chi connectivity index (χ2n) is 8.14. The van der Waals surface area contributed by atoms with Crippen molar-refractivity contribution in [2.24, 2.45) is 0 Å². The van der Waals surface area contributed by atoms with E-state index in [0.717, 1.165) is 36.8 Å². The summed E-state index contributed by atoms with van der Waals surface area (Å²) in [6.45, 7) is 2.91. The van der Waals surface area contributed by atoms with E-state index in [1.807, 2.05) is 6.07 Å². The molecule has 0 unspecified atom stereocenters. The summed E-state index contributed by atoms with van der Waals surface area (Å²) in [6.07, 6.45) is 6.93. The summed E-state index contributed by atoms with van der Waals surface area (Å²) in [4.78, 5) is 13.8. The Hall–Kier alpha value is -1.86. The monoisotopic (exact) mass is 416 g/mol. The number of carbonyl (C=O) groups excluding carboxylic acids is 1. The maximum atomic E-state index is 12.5. The van der Waals surface area contributed by atoms with E-state index in [-0.39, 0.29) is 11.9 Å². The predicted octanol–water partition coefficient (Wildman–Crippen LogP) is 2.46. The molecule has 158 valence electrons. The first kappa shape index (κ1) is 21.8. The minimum atomic E-state index is 0.1000. The highest BCUT2D eigenvalue weighted by Gasteiger charge is 2.25. The summed E-state index contributed by atoms with van der Waals surface area (Å²) in [5.74, 6) is 1.48. The van der Waals surface area contributed by atoms with Crippen LogP contribution in [0.2, 0.25) is 0 Å². The number of hydrogen-bond acceptors (Lipinski definition) is 4. The number of aromatic nitrogens is 3. The first-order valence-electron chi connectivity index (χ1n) is 10.8. The lowest BCUT2D eigenvalue weighted by atomic mass is 9.95. The summed E-state index contributed by atoms with van der Waals surface area (Å²) in [6, 6.07) is 11.0. The summed E-state index contributed by atoms with van der Waals surface area (Å²) < 4.78 is 2.19. The largest absolute Gasteiger partial charge is 0.353 e. The molecule has 1 aromatic carbocycles. The van der Waals surface area contributed by atoms with E-state index >= 15 is 0 Å². The van der Waals surface area contributed by atoms with Crippen LogP contribution in [0.1, 0.15) is 62.9 Å². The van der Waals surface area contributed by atoms with Crippen LogP contribution in [0.15, 0.2) is 35.5 Å². The van der Waals surface area contributed by atoms with Gasteiger partial charge in [0.2, 0.25) is 5.91 Å². The topological polar surface area (TPSA) is 64.2 Å².